The number of carbonyl (C=O) groups excluding carboxylic acids is 1. The SMILES string of the molecule is CCS(=O)(=O)C1CCN(C(=O)OC(C)(C)C)c2ccc(C(F)(F)F)cc21. The first-order valence-electron chi connectivity index (χ1n) is 8.19. The highest BCUT2D eigenvalue weighted by atomic mass is 32.2. The topological polar surface area (TPSA) is 63.7 Å². The Balaban J connectivity index is 2.56. The van der Waals surface area contributed by atoms with Gasteiger partial charge in [0, 0.05) is 12.3 Å². The van der Waals surface area contributed by atoms with E-state index in [0.29, 0.717) is 0 Å². The van der Waals surface area contributed by atoms with E-state index >= 15 is 0 Å². The molecule has 26 heavy (non-hydrogen) atoms. The van der Waals surface area contributed by atoms with Gasteiger partial charge in [-0.15, -0.1) is 0 Å². The van der Waals surface area contributed by atoms with Crippen LogP contribution < -0.4 is 4.90 Å². The van der Waals surface area contributed by atoms with Crippen molar-refractivity contribution >= 4 is 21.6 Å². The van der Waals surface area contributed by atoms with E-state index in [1.54, 1.807) is 20.8 Å². The van der Waals surface area contributed by atoms with Gasteiger partial charge < -0.3 is 4.74 Å². The Labute approximate surface area is 151 Å². The second kappa shape index (κ2) is 6.75. The molecule has 1 aliphatic rings. The molecule has 1 heterocycles. The normalized spacial score (nSPS) is 18.4. The first-order chi connectivity index (χ1) is 11.8. The number of rotatable bonds is 2. The Morgan fingerprint density at radius 2 is 1.88 bits per heavy atom. The van der Waals surface area contributed by atoms with Crippen LogP contribution in [0.15, 0.2) is 18.2 Å². The molecule has 0 spiro atoms. The smallest absolute Gasteiger partial charge is 0.416 e. The number of hydrogen-bond acceptors (Lipinski definition) is 4. The third-order valence-corrected chi connectivity index (χ3v) is 6.22. The van der Waals surface area contributed by atoms with Gasteiger partial charge >= 0.3 is 12.3 Å². The largest absolute Gasteiger partial charge is 0.443 e. The first-order valence-corrected chi connectivity index (χ1v) is 9.91. The monoisotopic (exact) mass is 393 g/mol. The molecule has 0 bridgehead atoms. The van der Waals surface area contributed by atoms with Crippen LogP contribution in [0, 0.1) is 0 Å². The zero-order chi connectivity index (χ0) is 19.9. The number of nitrogens with zero attached hydrogens (tertiary/aromatic N) is 1. The highest BCUT2D eigenvalue weighted by molar-refractivity contribution is 7.91. The summed E-state index contributed by atoms with van der Waals surface area (Å²) < 4.78 is 69.3. The fraction of sp³-hybridized carbons (Fsp3) is 0.588. The minimum Gasteiger partial charge on any atom is -0.443 e. The molecular weight excluding hydrogens is 371 g/mol. The van der Waals surface area contributed by atoms with Gasteiger partial charge in [0.1, 0.15) is 5.60 Å². The quantitative estimate of drug-likeness (QED) is 0.750. The maximum absolute atomic E-state index is 13.1. The molecule has 1 amide bonds. The van der Waals surface area contributed by atoms with Gasteiger partial charge in [0.15, 0.2) is 9.84 Å². The van der Waals surface area contributed by atoms with E-state index in [-0.39, 0.29) is 30.0 Å². The van der Waals surface area contributed by atoms with Crippen molar-refractivity contribution in [1.82, 2.24) is 0 Å². The molecule has 2 rings (SSSR count). The van der Waals surface area contributed by atoms with Crippen LogP contribution >= 0.6 is 0 Å². The lowest BCUT2D eigenvalue weighted by Gasteiger charge is -2.35. The Morgan fingerprint density at radius 1 is 1.27 bits per heavy atom. The summed E-state index contributed by atoms with van der Waals surface area (Å²) in [6.07, 6.45) is -5.31. The lowest BCUT2D eigenvalue weighted by atomic mass is 9.98. The summed E-state index contributed by atoms with van der Waals surface area (Å²) in [5.74, 6) is -0.195. The Bertz CT molecular complexity index is 797. The van der Waals surface area contributed by atoms with Crippen molar-refractivity contribution in [3.8, 4) is 0 Å². The summed E-state index contributed by atoms with van der Waals surface area (Å²) in [4.78, 5) is 13.6. The van der Waals surface area contributed by atoms with E-state index in [1.807, 2.05) is 0 Å². The van der Waals surface area contributed by atoms with E-state index in [4.69, 9.17) is 4.74 Å². The molecule has 0 aromatic heterocycles. The van der Waals surface area contributed by atoms with Crippen molar-refractivity contribution in [2.24, 2.45) is 0 Å². The van der Waals surface area contributed by atoms with Crippen LogP contribution in [0.1, 0.15) is 50.5 Å². The number of amides is 1. The van der Waals surface area contributed by atoms with Crippen molar-refractivity contribution in [3.63, 3.8) is 0 Å². The lowest BCUT2D eigenvalue weighted by molar-refractivity contribution is -0.137. The maximum atomic E-state index is 13.1. The Morgan fingerprint density at radius 3 is 2.38 bits per heavy atom. The molecule has 146 valence electrons. The van der Waals surface area contributed by atoms with Crippen LogP contribution in [0.2, 0.25) is 0 Å². The molecule has 0 saturated heterocycles. The van der Waals surface area contributed by atoms with Crippen molar-refractivity contribution in [2.75, 3.05) is 17.2 Å². The summed E-state index contributed by atoms with van der Waals surface area (Å²) in [6.45, 7) is 6.52. The molecule has 0 fully saturated rings. The first kappa shape index (κ1) is 20.5. The van der Waals surface area contributed by atoms with Gasteiger partial charge in [-0.1, -0.05) is 6.92 Å². The number of anilines is 1. The van der Waals surface area contributed by atoms with Crippen molar-refractivity contribution in [2.45, 2.75) is 51.1 Å². The van der Waals surface area contributed by atoms with Gasteiger partial charge in [0.2, 0.25) is 0 Å². The number of hydrogen-bond donors (Lipinski definition) is 0. The van der Waals surface area contributed by atoms with E-state index in [1.165, 1.54) is 11.8 Å². The Kier molecular flexibility index (Phi) is 5.34. The third-order valence-electron chi connectivity index (χ3n) is 4.06. The molecule has 1 aliphatic heterocycles. The van der Waals surface area contributed by atoms with Crippen LogP contribution in [-0.2, 0) is 20.8 Å². The number of carbonyl (C=O) groups is 1. The molecule has 5 nitrogen and oxygen atoms in total. The van der Waals surface area contributed by atoms with Gasteiger partial charge in [0.25, 0.3) is 0 Å². The molecule has 1 aromatic rings. The number of sulfone groups is 1. The van der Waals surface area contributed by atoms with Gasteiger partial charge in [-0.25, -0.2) is 13.2 Å². The zero-order valence-corrected chi connectivity index (χ0v) is 15.9. The summed E-state index contributed by atoms with van der Waals surface area (Å²) >= 11 is 0. The molecule has 1 unspecified atom stereocenters. The number of fused-ring (bicyclic) bond motifs is 1. The van der Waals surface area contributed by atoms with E-state index in [9.17, 15) is 26.4 Å². The fourth-order valence-electron chi connectivity index (χ4n) is 2.84. The summed E-state index contributed by atoms with van der Waals surface area (Å²) in [7, 11) is -3.63. The van der Waals surface area contributed by atoms with E-state index in [2.05, 4.69) is 0 Å². The summed E-state index contributed by atoms with van der Waals surface area (Å²) in [6, 6.07) is 2.81. The van der Waals surface area contributed by atoms with Crippen LogP contribution in [-0.4, -0.2) is 32.4 Å². The van der Waals surface area contributed by atoms with E-state index in [0.717, 1.165) is 18.2 Å². The van der Waals surface area contributed by atoms with E-state index < -0.39 is 38.5 Å². The molecule has 0 aliphatic carbocycles. The standard InChI is InChI=1S/C17H22F3NO4S/c1-5-26(23,24)14-8-9-21(15(22)25-16(2,3)4)13-7-6-11(10-12(13)14)17(18,19)20/h6-7,10,14H,5,8-9H2,1-4H3. The summed E-state index contributed by atoms with van der Waals surface area (Å²) in [5, 5.41) is -1.08. The van der Waals surface area contributed by atoms with Gasteiger partial charge in [0.05, 0.1) is 16.5 Å². The predicted octanol–water partition coefficient (Wildman–Crippen LogP) is 4.33. The number of alkyl halides is 3. The van der Waals surface area contributed by atoms with Crippen LogP contribution in [0.5, 0.6) is 0 Å². The third kappa shape index (κ3) is 4.31. The zero-order valence-electron chi connectivity index (χ0n) is 15.1. The summed E-state index contributed by atoms with van der Waals surface area (Å²) in [5.41, 5.74) is -1.60. The second-order valence-electron chi connectivity index (χ2n) is 7.13. The lowest BCUT2D eigenvalue weighted by Crippen LogP contribution is -2.41. The van der Waals surface area contributed by atoms with Gasteiger partial charge in [-0.3, -0.25) is 4.90 Å². The molecule has 9 heteroatoms. The van der Waals surface area contributed by atoms with Crippen molar-refractivity contribution < 1.29 is 31.1 Å². The van der Waals surface area contributed by atoms with Crippen LogP contribution in [0.4, 0.5) is 23.7 Å². The maximum Gasteiger partial charge on any atom is 0.416 e. The highest BCUT2D eigenvalue weighted by Gasteiger charge is 2.39. The predicted molar refractivity (Wildman–Crippen MR) is 91.8 cm³/mol. The highest BCUT2D eigenvalue weighted by Crippen LogP contribution is 2.42. The average molecular weight is 393 g/mol. The average Bonchev–Trinajstić information content (AvgIpc) is 2.50. The van der Waals surface area contributed by atoms with Crippen molar-refractivity contribution in [1.29, 1.82) is 0 Å². The minimum absolute atomic E-state index is 0.0150. The number of halogens is 3. The minimum atomic E-state index is -4.61. The van der Waals surface area contributed by atoms with Crippen LogP contribution in [0.25, 0.3) is 0 Å². The Hall–Kier alpha value is -1.77. The molecule has 0 radical (unpaired) electrons. The molecule has 0 N–H and O–H groups in total. The second-order valence-corrected chi connectivity index (χ2v) is 9.60. The number of benzene rings is 1. The molecule has 1 aromatic carbocycles. The number of ether oxygens (including phenoxy) is 1. The fourth-order valence-corrected chi connectivity index (χ4v) is 4.28. The van der Waals surface area contributed by atoms with Gasteiger partial charge in [-0.05, 0) is 51.0 Å². The molecule has 1 atom stereocenters. The molecular formula is C17H22F3NO4S. The van der Waals surface area contributed by atoms with Crippen LogP contribution in [0.3, 0.4) is 0 Å². The molecule has 0 saturated carbocycles. The van der Waals surface area contributed by atoms with Crippen molar-refractivity contribution in [3.05, 3.63) is 29.3 Å². The van der Waals surface area contributed by atoms with Gasteiger partial charge in [-0.2, -0.15) is 13.2 Å².